The number of piperidine rings is 1. The molecule has 8 nitrogen and oxygen atoms in total. The summed E-state index contributed by atoms with van der Waals surface area (Å²) in [6.07, 6.45) is 0.941. The highest BCUT2D eigenvalue weighted by Crippen LogP contribution is 2.54. The van der Waals surface area contributed by atoms with Gasteiger partial charge in [0.05, 0.1) is 38.4 Å². The number of ether oxygens (including phenoxy) is 2. The fourth-order valence-corrected chi connectivity index (χ4v) is 6.02. The van der Waals surface area contributed by atoms with Crippen LogP contribution in [0, 0.1) is 17.7 Å². The lowest BCUT2D eigenvalue weighted by Gasteiger charge is -2.46. The third kappa shape index (κ3) is 4.41. The number of nitrogens with zero attached hydrogens (tertiary/aromatic N) is 3. The number of amides is 2. The number of halogens is 1. The van der Waals surface area contributed by atoms with Crippen LogP contribution in [0.5, 0.6) is 5.75 Å². The summed E-state index contributed by atoms with van der Waals surface area (Å²) in [5.41, 5.74) is 7.33. The minimum absolute atomic E-state index is 0.0259. The first-order valence-corrected chi connectivity index (χ1v) is 12.5. The number of primary amides is 1. The Morgan fingerprint density at radius 1 is 1.14 bits per heavy atom. The van der Waals surface area contributed by atoms with Gasteiger partial charge in [0.1, 0.15) is 11.6 Å². The third-order valence-corrected chi connectivity index (χ3v) is 7.76. The molecule has 9 heteroatoms. The molecular weight excluding hydrogens is 463 g/mol. The van der Waals surface area contributed by atoms with Crippen LogP contribution in [0.2, 0.25) is 0 Å². The molecule has 192 valence electrons. The minimum Gasteiger partial charge on any atom is -0.493 e. The molecule has 36 heavy (non-hydrogen) atoms. The van der Waals surface area contributed by atoms with E-state index in [0.29, 0.717) is 23.8 Å². The minimum atomic E-state index is -0.545. The molecule has 0 bridgehead atoms. The summed E-state index contributed by atoms with van der Waals surface area (Å²) in [7, 11) is 1.35. The van der Waals surface area contributed by atoms with Crippen molar-refractivity contribution in [2.24, 2.45) is 17.6 Å². The quantitative estimate of drug-likeness (QED) is 0.677. The summed E-state index contributed by atoms with van der Waals surface area (Å²) in [5, 5.41) is 3.54. The predicted molar refractivity (Wildman–Crippen MR) is 131 cm³/mol. The molecule has 2 saturated heterocycles. The number of fused-ring (bicyclic) bond motifs is 3. The number of nitrogens with two attached hydrogens (primary N) is 1. The average molecular weight is 497 g/mol. The molecular formula is C27H33FN4O4. The van der Waals surface area contributed by atoms with Gasteiger partial charge in [-0.15, -0.1) is 0 Å². The zero-order chi connectivity index (χ0) is 25.4. The second-order valence-electron chi connectivity index (χ2n) is 10.0. The number of carbonyl (C=O) groups is 2. The van der Waals surface area contributed by atoms with Crippen LogP contribution in [0.4, 0.5) is 9.18 Å². The van der Waals surface area contributed by atoms with Gasteiger partial charge >= 0.3 is 6.09 Å². The van der Waals surface area contributed by atoms with Crippen LogP contribution in [-0.4, -0.2) is 59.9 Å². The maximum atomic E-state index is 14.6. The second kappa shape index (κ2) is 10.1. The summed E-state index contributed by atoms with van der Waals surface area (Å²) in [5.74, 6) is 0.0818. The standard InChI is InChI=1S/C27H33FN4O4/c1-17-10-12-30(13-11-17)24(15-23(29)33)31-26-20-14-19(28)8-9-22(20)36-16-21(26)25(32(31)27(34)35-2)18-6-4-3-5-7-18/h3-9,14,17,21,24-26H,10-13,15-16H2,1-2H3,(H2,29,33). The lowest BCUT2D eigenvalue weighted by molar-refractivity contribution is -0.134. The van der Waals surface area contributed by atoms with E-state index in [1.165, 1.54) is 19.2 Å². The van der Waals surface area contributed by atoms with Crippen LogP contribution in [0.3, 0.4) is 0 Å². The normalized spacial score (nSPS) is 25.5. The Labute approximate surface area is 210 Å². The largest absolute Gasteiger partial charge is 0.493 e. The maximum Gasteiger partial charge on any atom is 0.424 e. The molecule has 2 aromatic carbocycles. The topological polar surface area (TPSA) is 88.3 Å². The molecule has 0 radical (unpaired) electrons. The van der Waals surface area contributed by atoms with Gasteiger partial charge in [-0.25, -0.2) is 14.2 Å². The van der Waals surface area contributed by atoms with Gasteiger partial charge in [-0.1, -0.05) is 37.3 Å². The van der Waals surface area contributed by atoms with E-state index in [2.05, 4.69) is 11.8 Å². The molecule has 2 fully saturated rings. The van der Waals surface area contributed by atoms with Crippen LogP contribution in [-0.2, 0) is 9.53 Å². The number of methoxy groups -OCH3 is 1. The van der Waals surface area contributed by atoms with Crippen LogP contribution in [0.1, 0.15) is 49.4 Å². The van der Waals surface area contributed by atoms with Crippen molar-refractivity contribution < 1.29 is 23.5 Å². The molecule has 3 aliphatic heterocycles. The Kier molecular flexibility index (Phi) is 6.85. The van der Waals surface area contributed by atoms with Crippen molar-refractivity contribution in [1.82, 2.24) is 14.9 Å². The SMILES string of the molecule is COC(=O)N1C(c2ccccc2)C2COc3ccc(F)cc3C2N1C(CC(N)=O)N1CCC(C)CC1. The highest BCUT2D eigenvalue weighted by Gasteiger charge is 2.57. The van der Waals surface area contributed by atoms with Crippen molar-refractivity contribution in [1.29, 1.82) is 0 Å². The van der Waals surface area contributed by atoms with E-state index in [1.807, 2.05) is 35.3 Å². The van der Waals surface area contributed by atoms with Crippen LogP contribution >= 0.6 is 0 Å². The second-order valence-corrected chi connectivity index (χ2v) is 10.0. The molecule has 4 atom stereocenters. The van der Waals surface area contributed by atoms with Crippen molar-refractivity contribution in [2.75, 3.05) is 26.8 Å². The highest BCUT2D eigenvalue weighted by atomic mass is 19.1. The van der Waals surface area contributed by atoms with Crippen molar-refractivity contribution in [3.05, 3.63) is 65.5 Å². The number of likely N-dealkylation sites (tertiary alicyclic amines) is 1. The van der Waals surface area contributed by atoms with Gasteiger partial charge in [-0.05, 0) is 55.6 Å². The van der Waals surface area contributed by atoms with Gasteiger partial charge in [-0.3, -0.25) is 9.69 Å². The van der Waals surface area contributed by atoms with Crippen LogP contribution in [0.25, 0.3) is 0 Å². The molecule has 2 N–H and O–H groups in total. The van der Waals surface area contributed by atoms with E-state index < -0.39 is 30.2 Å². The first-order chi connectivity index (χ1) is 17.4. The summed E-state index contributed by atoms with van der Waals surface area (Å²) in [6.45, 7) is 4.08. The number of hydrogen-bond acceptors (Lipinski definition) is 6. The van der Waals surface area contributed by atoms with E-state index in [0.717, 1.165) is 31.5 Å². The lowest BCUT2D eigenvalue weighted by atomic mass is 9.84. The Morgan fingerprint density at radius 2 is 1.86 bits per heavy atom. The van der Waals surface area contributed by atoms with E-state index in [9.17, 15) is 14.0 Å². The highest BCUT2D eigenvalue weighted by molar-refractivity contribution is 5.74. The van der Waals surface area contributed by atoms with Gasteiger partial charge < -0.3 is 15.2 Å². The molecule has 0 spiro atoms. The molecule has 5 rings (SSSR count). The van der Waals surface area contributed by atoms with Gasteiger partial charge in [-0.2, -0.15) is 5.01 Å². The van der Waals surface area contributed by atoms with E-state index in [-0.39, 0.29) is 18.2 Å². The smallest absolute Gasteiger partial charge is 0.424 e. The molecule has 3 aliphatic rings. The first kappa shape index (κ1) is 24.5. The number of hydrazine groups is 1. The van der Waals surface area contributed by atoms with Gasteiger partial charge in [0, 0.05) is 11.5 Å². The molecule has 0 saturated carbocycles. The van der Waals surface area contributed by atoms with Crippen LogP contribution < -0.4 is 10.5 Å². The Bertz CT molecular complexity index is 1110. The number of rotatable bonds is 5. The predicted octanol–water partition coefficient (Wildman–Crippen LogP) is 3.85. The number of carbonyl (C=O) groups excluding carboxylic acids is 2. The van der Waals surface area contributed by atoms with E-state index in [4.69, 9.17) is 15.2 Å². The van der Waals surface area contributed by atoms with Crippen LogP contribution in [0.15, 0.2) is 48.5 Å². The summed E-state index contributed by atoms with van der Waals surface area (Å²) >= 11 is 0. The van der Waals surface area contributed by atoms with Crippen molar-refractivity contribution in [2.45, 2.75) is 44.4 Å². The summed E-state index contributed by atoms with van der Waals surface area (Å²) < 4.78 is 26.0. The van der Waals surface area contributed by atoms with Gasteiger partial charge in [0.15, 0.2) is 0 Å². The fourth-order valence-electron chi connectivity index (χ4n) is 6.02. The average Bonchev–Trinajstić information content (AvgIpc) is 3.23. The molecule has 3 heterocycles. The fraction of sp³-hybridized carbons (Fsp3) is 0.481. The van der Waals surface area contributed by atoms with Gasteiger partial charge in [0.25, 0.3) is 0 Å². The van der Waals surface area contributed by atoms with Crippen molar-refractivity contribution >= 4 is 12.0 Å². The molecule has 4 unspecified atom stereocenters. The summed E-state index contributed by atoms with van der Waals surface area (Å²) in [6, 6.07) is 13.3. The third-order valence-electron chi connectivity index (χ3n) is 7.76. The van der Waals surface area contributed by atoms with E-state index in [1.54, 1.807) is 11.1 Å². The molecule has 0 aromatic heterocycles. The first-order valence-electron chi connectivity index (χ1n) is 12.5. The summed E-state index contributed by atoms with van der Waals surface area (Å²) in [4.78, 5) is 28.1. The Hall–Kier alpha value is -3.17. The van der Waals surface area contributed by atoms with Gasteiger partial charge in [0.2, 0.25) is 5.91 Å². The molecule has 2 amide bonds. The van der Waals surface area contributed by atoms with Crippen molar-refractivity contribution in [3.8, 4) is 5.75 Å². The number of benzene rings is 2. The molecule has 0 aliphatic carbocycles. The van der Waals surface area contributed by atoms with Crippen molar-refractivity contribution in [3.63, 3.8) is 0 Å². The lowest BCUT2D eigenvalue weighted by Crippen LogP contribution is -2.58. The monoisotopic (exact) mass is 496 g/mol. The Balaban J connectivity index is 1.68. The number of hydrogen-bond donors (Lipinski definition) is 1. The Morgan fingerprint density at radius 3 is 2.53 bits per heavy atom. The van der Waals surface area contributed by atoms with E-state index >= 15 is 0 Å². The zero-order valence-corrected chi connectivity index (χ0v) is 20.7. The maximum absolute atomic E-state index is 14.6. The zero-order valence-electron chi connectivity index (χ0n) is 20.7. The molecule has 2 aromatic rings.